The van der Waals surface area contributed by atoms with Crippen LogP contribution in [0.4, 0.5) is 22.7 Å². The summed E-state index contributed by atoms with van der Waals surface area (Å²) < 4.78 is 16.2. The number of nitrogens with one attached hydrogen (secondary N) is 3. The van der Waals surface area contributed by atoms with E-state index in [4.69, 9.17) is 5.14 Å². The van der Waals surface area contributed by atoms with E-state index in [-0.39, 0.29) is 18.0 Å². The SMILES string of the molecule is CCS(N)(=O)=NC1CC(Nc2cccc(NC(=O)c3ccc(Nc4ccnc5ccc(C#N)cc45)cc3)c2)C1. The van der Waals surface area contributed by atoms with E-state index in [1.807, 2.05) is 48.5 Å². The van der Waals surface area contributed by atoms with E-state index in [1.165, 1.54) is 0 Å². The zero-order valence-corrected chi connectivity index (χ0v) is 22.2. The van der Waals surface area contributed by atoms with Gasteiger partial charge in [0, 0.05) is 51.7 Å². The molecule has 9 nitrogen and oxygen atoms in total. The molecule has 0 radical (unpaired) electrons. The average Bonchev–Trinajstić information content (AvgIpc) is 2.92. The molecule has 5 N–H and O–H groups in total. The van der Waals surface area contributed by atoms with E-state index in [0.717, 1.165) is 40.8 Å². The Morgan fingerprint density at radius 2 is 1.85 bits per heavy atom. The number of aromatic nitrogens is 1. The van der Waals surface area contributed by atoms with Crippen molar-refractivity contribution in [2.45, 2.75) is 31.8 Å². The summed E-state index contributed by atoms with van der Waals surface area (Å²) in [7, 11) is -2.57. The summed E-state index contributed by atoms with van der Waals surface area (Å²) in [4.78, 5) is 17.3. The van der Waals surface area contributed by atoms with Gasteiger partial charge in [0.05, 0.1) is 23.2 Å². The van der Waals surface area contributed by atoms with Crippen molar-refractivity contribution in [2.24, 2.45) is 9.50 Å². The van der Waals surface area contributed by atoms with Crippen LogP contribution in [0, 0.1) is 11.3 Å². The molecule has 1 aliphatic carbocycles. The third-order valence-corrected chi connectivity index (χ3v) is 8.12. The van der Waals surface area contributed by atoms with Crippen LogP contribution in [0.1, 0.15) is 35.7 Å². The summed E-state index contributed by atoms with van der Waals surface area (Å²) in [5.74, 6) is 0.140. The molecule has 0 bridgehead atoms. The number of benzene rings is 3. The Kier molecular flexibility index (Phi) is 7.45. The first-order chi connectivity index (χ1) is 18.8. The van der Waals surface area contributed by atoms with Gasteiger partial charge in [-0.3, -0.25) is 9.78 Å². The summed E-state index contributed by atoms with van der Waals surface area (Å²) in [6.45, 7) is 1.78. The second-order valence-electron chi connectivity index (χ2n) is 9.49. The number of carbonyl (C=O) groups is 1. The zero-order chi connectivity index (χ0) is 27.4. The van der Waals surface area contributed by atoms with Gasteiger partial charge in [0.1, 0.15) is 9.92 Å². The largest absolute Gasteiger partial charge is 0.382 e. The highest BCUT2D eigenvalue weighted by Crippen LogP contribution is 2.29. The maximum atomic E-state index is 12.9. The maximum absolute atomic E-state index is 12.9. The number of nitriles is 1. The average molecular weight is 540 g/mol. The van der Waals surface area contributed by atoms with E-state index in [2.05, 4.69) is 31.4 Å². The quantitative estimate of drug-likeness (QED) is 0.236. The third kappa shape index (κ3) is 6.34. The number of rotatable bonds is 8. The van der Waals surface area contributed by atoms with E-state index in [9.17, 15) is 14.3 Å². The molecule has 1 aromatic heterocycles. The molecule has 1 unspecified atom stereocenters. The van der Waals surface area contributed by atoms with E-state index in [0.29, 0.717) is 22.6 Å². The highest BCUT2D eigenvalue weighted by atomic mass is 32.2. The molecular weight excluding hydrogens is 510 g/mol. The van der Waals surface area contributed by atoms with Crippen molar-refractivity contribution in [2.75, 3.05) is 21.7 Å². The number of nitrogens with two attached hydrogens (primary N) is 1. The predicted molar refractivity (Wildman–Crippen MR) is 156 cm³/mol. The minimum atomic E-state index is -2.57. The number of anilines is 4. The summed E-state index contributed by atoms with van der Waals surface area (Å²) in [5.41, 5.74) is 5.08. The number of pyridine rings is 1. The predicted octanol–water partition coefficient (Wildman–Crippen LogP) is 5.41. The van der Waals surface area contributed by atoms with Crippen LogP contribution in [0.5, 0.6) is 0 Å². The Morgan fingerprint density at radius 1 is 1.08 bits per heavy atom. The number of hydrogen-bond acceptors (Lipinski definition) is 7. The van der Waals surface area contributed by atoms with Gasteiger partial charge in [-0.2, -0.15) is 5.26 Å². The molecule has 198 valence electrons. The first kappa shape index (κ1) is 26.2. The smallest absolute Gasteiger partial charge is 0.255 e. The zero-order valence-electron chi connectivity index (χ0n) is 21.4. The third-order valence-electron chi connectivity index (χ3n) is 6.64. The molecule has 0 spiro atoms. The summed E-state index contributed by atoms with van der Waals surface area (Å²) in [6.07, 6.45) is 3.27. The lowest BCUT2D eigenvalue weighted by molar-refractivity contribution is 0.102. The van der Waals surface area contributed by atoms with Crippen LogP contribution in [-0.4, -0.2) is 32.9 Å². The van der Waals surface area contributed by atoms with Crippen LogP contribution in [0.25, 0.3) is 10.9 Å². The van der Waals surface area contributed by atoms with Crippen molar-refractivity contribution in [3.63, 3.8) is 0 Å². The maximum Gasteiger partial charge on any atom is 0.255 e. The lowest BCUT2D eigenvalue weighted by Crippen LogP contribution is -2.39. The molecule has 3 aromatic carbocycles. The molecule has 0 aliphatic heterocycles. The Hall–Kier alpha value is -4.46. The Morgan fingerprint density at radius 3 is 2.59 bits per heavy atom. The molecule has 1 saturated carbocycles. The van der Waals surface area contributed by atoms with Crippen molar-refractivity contribution in [1.29, 1.82) is 5.26 Å². The van der Waals surface area contributed by atoms with Gasteiger partial charge >= 0.3 is 0 Å². The monoisotopic (exact) mass is 539 g/mol. The number of fused-ring (bicyclic) bond motifs is 1. The number of nitrogens with zero attached hydrogens (tertiary/aromatic N) is 3. The van der Waals surface area contributed by atoms with Gasteiger partial charge in [0.25, 0.3) is 5.91 Å². The lowest BCUT2D eigenvalue weighted by atomic mass is 9.87. The normalized spacial score (nSPS) is 17.8. The molecule has 4 aromatic rings. The molecule has 10 heteroatoms. The van der Waals surface area contributed by atoms with Gasteiger partial charge in [-0.25, -0.2) is 13.7 Å². The van der Waals surface area contributed by atoms with Crippen LogP contribution < -0.4 is 21.1 Å². The standard InChI is InChI=1S/C29H29N7O2S/c1-2-39(31,38)36-25-16-24(17-25)33-22-4-3-5-23(15-22)35-29(37)20-7-9-21(10-8-20)34-28-12-13-32-27-11-6-19(18-30)14-26(27)28/h3-15,24-25,33H,2,16-17H2,1H3,(H,32,34)(H,35,37)(H2,31,36,38). The van der Waals surface area contributed by atoms with Crippen LogP contribution in [0.15, 0.2) is 83.4 Å². The number of amides is 1. The Balaban J connectivity index is 1.20. The van der Waals surface area contributed by atoms with Gasteiger partial charge in [0.2, 0.25) is 0 Å². The van der Waals surface area contributed by atoms with E-state index >= 15 is 0 Å². The second kappa shape index (κ2) is 11.1. The van der Waals surface area contributed by atoms with Gasteiger partial charge in [-0.1, -0.05) is 13.0 Å². The van der Waals surface area contributed by atoms with E-state index in [1.54, 1.807) is 37.4 Å². The highest BCUT2D eigenvalue weighted by Gasteiger charge is 2.29. The molecule has 0 saturated heterocycles. The van der Waals surface area contributed by atoms with Gasteiger partial charge < -0.3 is 16.0 Å². The molecule has 1 aliphatic rings. The first-order valence-corrected chi connectivity index (χ1v) is 14.4. The minimum Gasteiger partial charge on any atom is -0.382 e. The van der Waals surface area contributed by atoms with Crippen molar-refractivity contribution >= 4 is 49.5 Å². The van der Waals surface area contributed by atoms with Crippen molar-refractivity contribution in [1.82, 2.24) is 4.98 Å². The molecule has 1 fully saturated rings. The topological polar surface area (TPSA) is 145 Å². The van der Waals surface area contributed by atoms with Crippen LogP contribution in [0.3, 0.4) is 0 Å². The highest BCUT2D eigenvalue weighted by molar-refractivity contribution is 7.91. The van der Waals surface area contributed by atoms with Gasteiger partial charge in [0.15, 0.2) is 0 Å². The second-order valence-corrected chi connectivity index (χ2v) is 11.7. The number of carbonyl (C=O) groups excluding carboxylic acids is 1. The summed E-state index contributed by atoms with van der Waals surface area (Å²) in [5, 5.41) is 25.5. The van der Waals surface area contributed by atoms with E-state index < -0.39 is 9.92 Å². The summed E-state index contributed by atoms with van der Waals surface area (Å²) in [6, 6.07) is 24.4. The van der Waals surface area contributed by atoms with Crippen molar-refractivity contribution in [3.05, 3.63) is 90.1 Å². The van der Waals surface area contributed by atoms with Crippen LogP contribution in [0.2, 0.25) is 0 Å². The van der Waals surface area contributed by atoms with Gasteiger partial charge in [-0.05, 0) is 79.6 Å². The molecule has 39 heavy (non-hydrogen) atoms. The fourth-order valence-corrected chi connectivity index (χ4v) is 5.26. The fourth-order valence-electron chi connectivity index (χ4n) is 4.43. The van der Waals surface area contributed by atoms with Gasteiger partial charge in [-0.15, -0.1) is 0 Å². The Bertz CT molecular complexity index is 1680. The number of hydrogen-bond donors (Lipinski definition) is 4. The lowest BCUT2D eigenvalue weighted by Gasteiger charge is -2.34. The van der Waals surface area contributed by atoms with Crippen LogP contribution >= 0.6 is 0 Å². The summed E-state index contributed by atoms with van der Waals surface area (Å²) >= 11 is 0. The van der Waals surface area contributed by atoms with Crippen LogP contribution in [-0.2, 0) is 9.92 Å². The molecule has 5 rings (SSSR count). The molecule has 1 amide bonds. The first-order valence-electron chi connectivity index (χ1n) is 12.7. The molecule has 1 atom stereocenters. The van der Waals surface area contributed by atoms with Crippen molar-refractivity contribution in [3.8, 4) is 6.07 Å². The Labute approximate surface area is 227 Å². The fraction of sp³-hybridized carbons (Fsp3) is 0.207. The van der Waals surface area contributed by atoms with Crippen molar-refractivity contribution < 1.29 is 9.00 Å². The molecule has 1 heterocycles. The molecular formula is C29H29N7O2S. The minimum absolute atomic E-state index is 0.0209.